The molecule has 3 aromatic rings. The van der Waals surface area contributed by atoms with E-state index in [1.807, 2.05) is 12.1 Å². The van der Waals surface area contributed by atoms with Crippen molar-refractivity contribution in [2.45, 2.75) is 34.9 Å². The second kappa shape index (κ2) is 8.87. The van der Waals surface area contributed by atoms with E-state index in [-0.39, 0.29) is 4.90 Å². The van der Waals surface area contributed by atoms with Crippen molar-refractivity contribution in [2.24, 2.45) is 0 Å². The number of thioether (sulfide) groups is 1. The van der Waals surface area contributed by atoms with Crippen LogP contribution in [0.5, 0.6) is 0 Å². The summed E-state index contributed by atoms with van der Waals surface area (Å²) in [5, 5.41) is 1.36. The molecule has 0 radical (unpaired) electrons. The van der Waals surface area contributed by atoms with E-state index < -0.39 is 10.0 Å². The molecule has 0 saturated carbocycles. The molecule has 3 heterocycles. The third kappa shape index (κ3) is 4.83. The number of benzene rings is 1. The molecule has 29 heavy (non-hydrogen) atoms. The van der Waals surface area contributed by atoms with Gasteiger partial charge in [0.15, 0.2) is 0 Å². The van der Waals surface area contributed by atoms with Crippen molar-refractivity contribution in [3.8, 4) is 11.5 Å². The van der Waals surface area contributed by atoms with Crippen molar-refractivity contribution in [3.05, 3.63) is 59.6 Å². The van der Waals surface area contributed by atoms with Crippen molar-refractivity contribution in [1.29, 1.82) is 0 Å². The van der Waals surface area contributed by atoms with Gasteiger partial charge >= 0.3 is 0 Å². The topological polar surface area (TPSA) is 76.3 Å². The molecule has 1 aromatic carbocycles. The van der Waals surface area contributed by atoms with E-state index in [0.29, 0.717) is 29.8 Å². The number of rotatable bonds is 6. The van der Waals surface area contributed by atoms with Gasteiger partial charge in [-0.15, -0.1) is 0 Å². The van der Waals surface area contributed by atoms with E-state index in [9.17, 15) is 8.42 Å². The molecule has 1 aliphatic rings. The average Bonchev–Trinajstić information content (AvgIpc) is 3.22. The maximum Gasteiger partial charge on any atom is 0.244 e. The molecule has 0 aliphatic carbocycles. The molecule has 0 unspecified atom stereocenters. The van der Waals surface area contributed by atoms with Crippen molar-refractivity contribution in [3.63, 3.8) is 0 Å². The molecule has 0 atom stereocenters. The summed E-state index contributed by atoms with van der Waals surface area (Å²) in [7, 11) is -3.45. The summed E-state index contributed by atoms with van der Waals surface area (Å²) in [4.78, 5) is 9.03. The summed E-state index contributed by atoms with van der Waals surface area (Å²) in [6.07, 6.45) is 5.96. The summed E-state index contributed by atoms with van der Waals surface area (Å²) in [6, 6.07) is 10.7. The first-order chi connectivity index (χ1) is 14.0. The summed E-state index contributed by atoms with van der Waals surface area (Å²) < 4.78 is 32.5. The summed E-state index contributed by atoms with van der Waals surface area (Å²) in [5.74, 6) is 1.08. The minimum atomic E-state index is -3.45. The molecule has 0 amide bonds. The Morgan fingerprint density at radius 3 is 2.69 bits per heavy atom. The number of hydrogen-bond acceptors (Lipinski definition) is 6. The maximum atomic E-state index is 12.7. The Morgan fingerprint density at radius 1 is 1.14 bits per heavy atom. The summed E-state index contributed by atoms with van der Waals surface area (Å²) >= 11 is 7.48. The highest BCUT2D eigenvalue weighted by molar-refractivity contribution is 7.98. The van der Waals surface area contributed by atoms with E-state index in [2.05, 4.69) is 9.97 Å². The Labute approximate surface area is 179 Å². The van der Waals surface area contributed by atoms with Crippen LogP contribution in [0.2, 0.25) is 5.02 Å². The number of pyridine rings is 1. The highest BCUT2D eigenvalue weighted by Gasteiger charge is 2.26. The Morgan fingerprint density at radius 2 is 1.97 bits per heavy atom. The van der Waals surface area contributed by atoms with Crippen molar-refractivity contribution >= 4 is 33.4 Å². The Hall–Kier alpha value is -1.87. The van der Waals surface area contributed by atoms with Crippen LogP contribution in [0.1, 0.15) is 25.0 Å². The highest BCUT2D eigenvalue weighted by atomic mass is 35.5. The lowest BCUT2D eigenvalue weighted by atomic mass is 10.2. The molecule has 152 valence electrons. The van der Waals surface area contributed by atoms with Crippen LogP contribution in [0, 0.1) is 0 Å². The van der Waals surface area contributed by atoms with Gasteiger partial charge in [-0.2, -0.15) is 4.31 Å². The molecular formula is C20H20ClN3O3S2. The zero-order valence-electron chi connectivity index (χ0n) is 15.6. The number of nitrogens with zero attached hydrogens (tertiary/aromatic N) is 3. The van der Waals surface area contributed by atoms with E-state index in [1.54, 1.807) is 34.8 Å². The quantitative estimate of drug-likeness (QED) is 0.500. The van der Waals surface area contributed by atoms with Crippen molar-refractivity contribution in [2.75, 3.05) is 13.1 Å². The van der Waals surface area contributed by atoms with Gasteiger partial charge in [-0.1, -0.05) is 35.9 Å². The largest absolute Gasteiger partial charge is 0.444 e. The van der Waals surface area contributed by atoms with Crippen molar-refractivity contribution < 1.29 is 12.8 Å². The van der Waals surface area contributed by atoms with Crippen LogP contribution in [-0.2, 0) is 15.8 Å². The summed E-state index contributed by atoms with van der Waals surface area (Å²) in [5.41, 5.74) is 1.59. The first-order valence-electron chi connectivity index (χ1n) is 9.32. The van der Waals surface area contributed by atoms with Crippen LogP contribution >= 0.6 is 23.4 Å². The third-order valence-corrected chi connectivity index (χ3v) is 7.75. The number of halogens is 1. The maximum absolute atomic E-state index is 12.7. The van der Waals surface area contributed by atoms with Gasteiger partial charge in [-0.05, 0) is 43.2 Å². The Kier molecular flexibility index (Phi) is 6.24. The molecule has 1 aliphatic heterocycles. The molecule has 0 bridgehead atoms. The SMILES string of the molecule is O=S(=O)(c1ccc(SCc2coc(-c3cccc(Cl)c3)n2)nc1)N1CCCCC1. The molecule has 1 fully saturated rings. The number of sulfonamides is 1. The lowest BCUT2D eigenvalue weighted by Gasteiger charge is -2.25. The molecule has 0 N–H and O–H groups in total. The van der Waals surface area contributed by atoms with Crippen LogP contribution < -0.4 is 0 Å². The third-order valence-electron chi connectivity index (χ3n) is 4.65. The first-order valence-corrected chi connectivity index (χ1v) is 12.1. The standard InChI is InChI=1S/C20H20ClN3O3S2/c21-16-6-4-5-15(11-16)20-23-17(13-27-20)14-28-19-8-7-18(12-22-19)29(25,26)24-9-2-1-3-10-24/h4-8,11-13H,1-3,9-10,14H2. The van der Waals surface area contributed by atoms with Gasteiger partial charge in [0.1, 0.15) is 11.2 Å². The number of hydrogen-bond donors (Lipinski definition) is 0. The molecular weight excluding hydrogens is 430 g/mol. The molecule has 9 heteroatoms. The van der Waals surface area contributed by atoms with Gasteiger partial charge in [0.25, 0.3) is 0 Å². The van der Waals surface area contributed by atoms with Gasteiger partial charge < -0.3 is 4.42 Å². The molecule has 2 aromatic heterocycles. The van der Waals surface area contributed by atoms with Gasteiger partial charge in [0.2, 0.25) is 15.9 Å². The second-order valence-electron chi connectivity index (χ2n) is 6.74. The minimum Gasteiger partial charge on any atom is -0.444 e. The second-order valence-corrected chi connectivity index (χ2v) is 10.1. The minimum absolute atomic E-state index is 0.244. The molecule has 1 saturated heterocycles. The predicted molar refractivity (Wildman–Crippen MR) is 113 cm³/mol. The van der Waals surface area contributed by atoms with Gasteiger partial charge in [0.05, 0.1) is 10.7 Å². The lowest BCUT2D eigenvalue weighted by molar-refractivity contribution is 0.346. The predicted octanol–water partition coefficient (Wildman–Crippen LogP) is 4.86. The zero-order valence-corrected chi connectivity index (χ0v) is 18.0. The Balaban J connectivity index is 1.40. The highest BCUT2D eigenvalue weighted by Crippen LogP contribution is 2.26. The Bertz CT molecular complexity index is 1080. The monoisotopic (exact) mass is 449 g/mol. The van der Waals surface area contributed by atoms with E-state index in [1.165, 1.54) is 18.0 Å². The van der Waals surface area contributed by atoms with Crippen LogP contribution in [-0.4, -0.2) is 35.8 Å². The number of aromatic nitrogens is 2. The van der Waals surface area contributed by atoms with Crippen LogP contribution in [0.25, 0.3) is 11.5 Å². The van der Waals surface area contributed by atoms with Gasteiger partial charge in [-0.25, -0.2) is 18.4 Å². The van der Waals surface area contributed by atoms with Gasteiger partial charge in [0, 0.05) is 35.6 Å². The fraction of sp³-hybridized carbons (Fsp3) is 0.300. The van der Waals surface area contributed by atoms with Gasteiger partial charge in [-0.3, -0.25) is 0 Å². The summed E-state index contributed by atoms with van der Waals surface area (Å²) in [6.45, 7) is 1.17. The lowest BCUT2D eigenvalue weighted by Crippen LogP contribution is -2.35. The molecule has 0 spiro atoms. The first kappa shape index (κ1) is 20.4. The molecule has 4 rings (SSSR count). The normalized spacial score (nSPS) is 15.5. The molecule has 6 nitrogen and oxygen atoms in total. The zero-order chi connectivity index (χ0) is 20.3. The number of piperidine rings is 1. The van der Waals surface area contributed by atoms with Crippen LogP contribution in [0.4, 0.5) is 0 Å². The smallest absolute Gasteiger partial charge is 0.244 e. The van der Waals surface area contributed by atoms with Crippen LogP contribution in [0.3, 0.4) is 0 Å². The van der Waals surface area contributed by atoms with E-state index in [4.69, 9.17) is 16.0 Å². The number of oxazole rings is 1. The van der Waals surface area contributed by atoms with E-state index in [0.717, 1.165) is 35.5 Å². The van der Waals surface area contributed by atoms with Crippen LogP contribution in [0.15, 0.2) is 63.2 Å². The van der Waals surface area contributed by atoms with Crippen molar-refractivity contribution in [1.82, 2.24) is 14.3 Å². The average molecular weight is 450 g/mol. The fourth-order valence-corrected chi connectivity index (χ4v) is 5.51. The van der Waals surface area contributed by atoms with E-state index >= 15 is 0 Å². The fourth-order valence-electron chi connectivity index (χ4n) is 3.13.